The van der Waals surface area contributed by atoms with Crippen molar-refractivity contribution >= 4 is 11.6 Å². The zero-order valence-corrected chi connectivity index (χ0v) is 22.9. The van der Waals surface area contributed by atoms with Crippen LogP contribution in [0.2, 0.25) is 0 Å². The van der Waals surface area contributed by atoms with Crippen molar-refractivity contribution in [3.63, 3.8) is 0 Å². The van der Waals surface area contributed by atoms with Gasteiger partial charge in [0.05, 0.1) is 12.2 Å². The molecule has 3 aromatic carbocycles. The molecule has 3 aromatic rings. The van der Waals surface area contributed by atoms with Crippen LogP contribution in [0.15, 0.2) is 78.9 Å². The lowest BCUT2D eigenvalue weighted by Gasteiger charge is -2.18. The normalized spacial score (nSPS) is 10.8. The summed E-state index contributed by atoms with van der Waals surface area (Å²) >= 11 is 0. The summed E-state index contributed by atoms with van der Waals surface area (Å²) in [7, 11) is 0. The first-order chi connectivity index (χ1) is 18.7. The average molecular weight is 517 g/mol. The smallest absolute Gasteiger partial charge is 0.251 e. The van der Waals surface area contributed by atoms with E-state index in [0.717, 1.165) is 23.3 Å². The van der Waals surface area contributed by atoms with E-state index in [-0.39, 0.29) is 5.91 Å². The van der Waals surface area contributed by atoms with Gasteiger partial charge in [-0.1, -0.05) is 107 Å². The molecule has 0 aliphatic heterocycles. The van der Waals surface area contributed by atoms with E-state index < -0.39 is 0 Å². The van der Waals surface area contributed by atoms with Crippen molar-refractivity contribution in [3.05, 3.63) is 95.6 Å². The van der Waals surface area contributed by atoms with E-state index in [0.29, 0.717) is 30.9 Å². The number of ether oxygens (including phenoxy) is 1. The third-order valence-electron chi connectivity index (χ3n) is 6.75. The molecule has 0 aliphatic rings. The fourth-order valence-electron chi connectivity index (χ4n) is 4.40. The number of hydroxylamine groups is 1. The minimum atomic E-state index is -0.0422. The minimum Gasteiger partial charge on any atom is -0.489 e. The average Bonchev–Trinajstić information content (AvgIpc) is 2.96. The molecule has 0 aromatic heterocycles. The topological polar surface area (TPSA) is 61.8 Å². The molecular formula is C33H44N2O3. The summed E-state index contributed by atoms with van der Waals surface area (Å²) in [5.41, 5.74) is 3.35. The van der Waals surface area contributed by atoms with Gasteiger partial charge >= 0.3 is 0 Å². The van der Waals surface area contributed by atoms with Gasteiger partial charge in [-0.2, -0.15) is 0 Å². The third kappa shape index (κ3) is 11.0. The van der Waals surface area contributed by atoms with Crippen LogP contribution in [0.3, 0.4) is 0 Å². The zero-order chi connectivity index (χ0) is 26.8. The van der Waals surface area contributed by atoms with Gasteiger partial charge in [-0.3, -0.25) is 15.1 Å². The number of nitrogens with one attached hydrogen (secondary N) is 1. The number of hydrogen-bond donors (Lipinski definition) is 2. The molecule has 0 saturated heterocycles. The monoisotopic (exact) mass is 516 g/mol. The number of anilines is 1. The Morgan fingerprint density at radius 3 is 1.97 bits per heavy atom. The molecule has 0 atom stereocenters. The van der Waals surface area contributed by atoms with Crippen molar-refractivity contribution in [1.29, 1.82) is 0 Å². The molecule has 0 heterocycles. The van der Waals surface area contributed by atoms with Crippen LogP contribution in [0.1, 0.15) is 92.6 Å². The first-order valence-corrected chi connectivity index (χ1v) is 14.3. The molecular weight excluding hydrogens is 472 g/mol. The number of nitrogens with zero attached hydrogens (tertiary/aromatic N) is 1. The van der Waals surface area contributed by atoms with E-state index in [1.165, 1.54) is 62.9 Å². The first kappa shape index (κ1) is 29.2. The van der Waals surface area contributed by atoms with Crippen molar-refractivity contribution in [2.45, 2.75) is 84.3 Å². The Morgan fingerprint density at radius 1 is 0.737 bits per heavy atom. The van der Waals surface area contributed by atoms with Gasteiger partial charge in [-0.15, -0.1) is 0 Å². The van der Waals surface area contributed by atoms with Gasteiger partial charge in [-0.25, -0.2) is 0 Å². The van der Waals surface area contributed by atoms with Crippen LogP contribution < -0.4 is 15.1 Å². The predicted octanol–water partition coefficient (Wildman–Crippen LogP) is 8.31. The van der Waals surface area contributed by atoms with Crippen molar-refractivity contribution in [1.82, 2.24) is 5.32 Å². The fourth-order valence-corrected chi connectivity index (χ4v) is 4.40. The Labute approximate surface area is 228 Å². The summed E-state index contributed by atoms with van der Waals surface area (Å²) in [5.74, 6) is 0.707. The van der Waals surface area contributed by atoms with Gasteiger partial charge in [0, 0.05) is 12.1 Å². The summed E-state index contributed by atoms with van der Waals surface area (Å²) < 4.78 is 5.81. The number of carbonyl (C=O) groups excluding carboxylic acids is 1. The Kier molecular flexibility index (Phi) is 13.3. The second-order valence-corrected chi connectivity index (χ2v) is 9.96. The fraction of sp³-hybridized carbons (Fsp3) is 0.424. The highest BCUT2D eigenvalue weighted by Crippen LogP contribution is 2.21. The molecule has 5 heteroatoms. The summed E-state index contributed by atoms with van der Waals surface area (Å²) in [6.45, 7) is 3.80. The summed E-state index contributed by atoms with van der Waals surface area (Å²) in [5, 5.41) is 14.8. The predicted molar refractivity (Wildman–Crippen MR) is 156 cm³/mol. The molecule has 0 fully saturated rings. The maximum absolute atomic E-state index is 12.5. The third-order valence-corrected chi connectivity index (χ3v) is 6.75. The van der Waals surface area contributed by atoms with E-state index in [9.17, 15) is 10.0 Å². The standard InChI is InChI=1S/C33H44N2O3/c1-2-3-4-5-6-7-8-9-10-14-25-34-33(36)30-19-17-28(18-20-30)26-35(37)31-21-23-32(24-22-31)38-27-29-15-12-11-13-16-29/h11-13,15-24,37H,2-10,14,25-27H2,1H3,(H,34,36). The van der Waals surface area contributed by atoms with Gasteiger partial charge in [0.25, 0.3) is 5.91 Å². The van der Waals surface area contributed by atoms with Gasteiger partial charge in [-0.05, 0) is 53.9 Å². The van der Waals surface area contributed by atoms with E-state index in [4.69, 9.17) is 4.74 Å². The van der Waals surface area contributed by atoms with Crippen LogP contribution in [0.4, 0.5) is 5.69 Å². The SMILES string of the molecule is CCCCCCCCCCCCNC(=O)c1ccc(CN(O)c2ccc(OCc3ccccc3)cc2)cc1. The Morgan fingerprint density at radius 2 is 1.34 bits per heavy atom. The second-order valence-electron chi connectivity index (χ2n) is 9.96. The highest BCUT2D eigenvalue weighted by Gasteiger charge is 2.08. The summed E-state index contributed by atoms with van der Waals surface area (Å²) in [6, 6.07) is 24.8. The Hall–Kier alpha value is -3.31. The van der Waals surface area contributed by atoms with Crippen LogP contribution in [0.25, 0.3) is 0 Å². The summed E-state index contributed by atoms with van der Waals surface area (Å²) in [6.07, 6.45) is 12.9. The van der Waals surface area contributed by atoms with E-state index in [1.54, 1.807) is 0 Å². The van der Waals surface area contributed by atoms with Crippen molar-refractivity contribution in [3.8, 4) is 5.75 Å². The highest BCUT2D eigenvalue weighted by molar-refractivity contribution is 5.94. The maximum atomic E-state index is 12.5. The van der Waals surface area contributed by atoms with Crippen LogP contribution in [-0.2, 0) is 13.2 Å². The molecule has 3 rings (SSSR count). The molecule has 0 radical (unpaired) electrons. The van der Waals surface area contributed by atoms with Crippen LogP contribution in [-0.4, -0.2) is 17.7 Å². The van der Waals surface area contributed by atoms with Gasteiger partial charge in [0.2, 0.25) is 0 Å². The minimum absolute atomic E-state index is 0.0422. The number of unbranched alkanes of at least 4 members (excludes halogenated alkanes) is 9. The van der Waals surface area contributed by atoms with Crippen LogP contribution >= 0.6 is 0 Å². The van der Waals surface area contributed by atoms with E-state index in [2.05, 4.69) is 12.2 Å². The highest BCUT2D eigenvalue weighted by atomic mass is 16.5. The van der Waals surface area contributed by atoms with E-state index >= 15 is 0 Å². The molecule has 0 saturated carbocycles. The molecule has 1 amide bonds. The second kappa shape index (κ2) is 17.2. The molecule has 0 aliphatic carbocycles. The number of hydrogen-bond acceptors (Lipinski definition) is 4. The number of amides is 1. The largest absolute Gasteiger partial charge is 0.489 e. The lowest BCUT2D eigenvalue weighted by atomic mass is 10.1. The molecule has 0 unspecified atom stereocenters. The molecule has 38 heavy (non-hydrogen) atoms. The molecule has 0 bridgehead atoms. The molecule has 2 N–H and O–H groups in total. The quantitative estimate of drug-likeness (QED) is 0.132. The van der Waals surface area contributed by atoms with Crippen molar-refractivity contribution < 1.29 is 14.7 Å². The van der Waals surface area contributed by atoms with E-state index in [1.807, 2.05) is 78.9 Å². The number of benzene rings is 3. The Balaban J connectivity index is 1.31. The zero-order valence-electron chi connectivity index (χ0n) is 22.9. The van der Waals surface area contributed by atoms with Gasteiger partial charge < -0.3 is 10.1 Å². The lowest BCUT2D eigenvalue weighted by Crippen LogP contribution is -2.24. The molecule has 5 nitrogen and oxygen atoms in total. The molecule has 0 spiro atoms. The maximum Gasteiger partial charge on any atom is 0.251 e. The lowest BCUT2D eigenvalue weighted by molar-refractivity contribution is 0.0953. The van der Waals surface area contributed by atoms with Gasteiger partial charge in [0.1, 0.15) is 12.4 Å². The van der Waals surface area contributed by atoms with Gasteiger partial charge in [0.15, 0.2) is 0 Å². The van der Waals surface area contributed by atoms with Crippen molar-refractivity contribution in [2.75, 3.05) is 11.6 Å². The number of carbonyl (C=O) groups is 1. The first-order valence-electron chi connectivity index (χ1n) is 14.3. The summed E-state index contributed by atoms with van der Waals surface area (Å²) in [4.78, 5) is 12.5. The Bertz CT molecular complexity index is 1040. The van der Waals surface area contributed by atoms with Crippen LogP contribution in [0.5, 0.6) is 5.75 Å². The molecule has 204 valence electrons. The number of rotatable bonds is 18. The van der Waals surface area contributed by atoms with Crippen molar-refractivity contribution in [2.24, 2.45) is 0 Å². The van der Waals surface area contributed by atoms with Crippen LogP contribution in [0, 0.1) is 0 Å².